The fourth-order valence-electron chi connectivity index (χ4n) is 2.23. The van der Waals surface area contributed by atoms with Crippen LogP contribution in [-0.4, -0.2) is 52.5 Å². The number of carbonyl (C=O) groups excluding carboxylic acids is 3. The molecule has 0 aliphatic heterocycles. The third-order valence-electron chi connectivity index (χ3n) is 3.61. The van der Waals surface area contributed by atoms with E-state index in [9.17, 15) is 14.4 Å². The van der Waals surface area contributed by atoms with Crippen molar-refractivity contribution in [3.8, 4) is 11.5 Å². The topological polar surface area (TPSA) is 97.4 Å². The van der Waals surface area contributed by atoms with Gasteiger partial charge >= 0.3 is 17.9 Å². The number of methoxy groups -OCH3 is 4. The minimum atomic E-state index is -1.30. The first-order chi connectivity index (χ1) is 12.4. The summed E-state index contributed by atoms with van der Waals surface area (Å²) in [7, 11) is 5.44. The predicted octanol–water partition coefficient (Wildman–Crippen LogP) is 1.67. The predicted molar refractivity (Wildman–Crippen MR) is 91.0 cm³/mol. The molecule has 0 fully saturated rings. The third-order valence-corrected chi connectivity index (χ3v) is 3.61. The summed E-state index contributed by atoms with van der Waals surface area (Å²) in [6, 6.07) is 5.50. The van der Waals surface area contributed by atoms with Gasteiger partial charge in [0.15, 0.2) is 11.5 Å². The van der Waals surface area contributed by atoms with E-state index in [0.717, 1.165) is 12.7 Å². The molecule has 1 unspecified atom stereocenters. The van der Waals surface area contributed by atoms with Crippen molar-refractivity contribution in [2.45, 2.75) is 31.8 Å². The molecule has 0 amide bonds. The van der Waals surface area contributed by atoms with E-state index in [4.69, 9.17) is 14.2 Å². The lowest BCUT2D eigenvalue weighted by atomic mass is 10.1. The second-order valence-corrected chi connectivity index (χ2v) is 5.32. The number of benzene rings is 1. The van der Waals surface area contributed by atoms with E-state index in [0.29, 0.717) is 24.3 Å². The molecule has 0 heterocycles. The van der Waals surface area contributed by atoms with Gasteiger partial charge in [-0.3, -0.25) is 9.59 Å². The minimum Gasteiger partial charge on any atom is -0.493 e. The monoisotopic (exact) mass is 368 g/mol. The van der Waals surface area contributed by atoms with Crippen LogP contribution >= 0.6 is 0 Å². The van der Waals surface area contributed by atoms with Gasteiger partial charge in [-0.25, -0.2) is 4.79 Å². The fraction of sp³-hybridized carbons (Fsp3) is 0.500. The average Bonchev–Trinajstić information content (AvgIpc) is 2.66. The zero-order valence-corrected chi connectivity index (χ0v) is 15.4. The lowest BCUT2D eigenvalue weighted by molar-refractivity contribution is -0.169. The lowest BCUT2D eigenvalue weighted by Gasteiger charge is -2.14. The first kappa shape index (κ1) is 21.3. The van der Waals surface area contributed by atoms with Crippen molar-refractivity contribution >= 4 is 17.9 Å². The van der Waals surface area contributed by atoms with Crippen LogP contribution in [0.15, 0.2) is 18.2 Å². The molecule has 144 valence electrons. The summed E-state index contributed by atoms with van der Waals surface area (Å²) in [5.74, 6) is -0.831. The lowest BCUT2D eigenvalue weighted by Crippen LogP contribution is -2.31. The quantitative estimate of drug-likeness (QED) is 0.454. The largest absolute Gasteiger partial charge is 0.493 e. The normalized spacial score (nSPS) is 11.2. The SMILES string of the molecule is COC(=O)CC(OC(=O)CCCc1ccc(OC)c(OC)c1)C(=O)OC. The zero-order valence-electron chi connectivity index (χ0n) is 15.4. The van der Waals surface area contributed by atoms with Gasteiger partial charge in [0.05, 0.1) is 34.9 Å². The molecule has 0 N–H and O–H groups in total. The van der Waals surface area contributed by atoms with Crippen LogP contribution < -0.4 is 9.47 Å². The van der Waals surface area contributed by atoms with E-state index in [1.807, 2.05) is 12.1 Å². The Balaban J connectivity index is 2.54. The van der Waals surface area contributed by atoms with Gasteiger partial charge in [-0.15, -0.1) is 0 Å². The minimum absolute atomic E-state index is 0.0863. The molecule has 1 atom stereocenters. The first-order valence-electron chi connectivity index (χ1n) is 8.00. The molecule has 0 aliphatic rings. The molecule has 1 aromatic carbocycles. The van der Waals surface area contributed by atoms with Gasteiger partial charge < -0.3 is 23.7 Å². The van der Waals surface area contributed by atoms with Crippen LogP contribution in [0.4, 0.5) is 0 Å². The van der Waals surface area contributed by atoms with Gasteiger partial charge in [0.25, 0.3) is 0 Å². The molecular formula is C18H24O8. The van der Waals surface area contributed by atoms with E-state index in [1.54, 1.807) is 20.3 Å². The highest BCUT2D eigenvalue weighted by molar-refractivity contribution is 5.84. The standard InChI is InChI=1S/C18H24O8/c1-22-13-9-8-12(10-14(13)23-2)6-5-7-16(19)26-15(18(21)25-4)11-17(20)24-3/h8-10,15H,5-7,11H2,1-4H3. The smallest absolute Gasteiger partial charge is 0.347 e. The number of rotatable bonds is 10. The summed E-state index contributed by atoms with van der Waals surface area (Å²) in [6.45, 7) is 0. The van der Waals surface area contributed by atoms with E-state index < -0.39 is 24.0 Å². The second kappa shape index (κ2) is 11.0. The highest BCUT2D eigenvalue weighted by atomic mass is 16.6. The number of carbonyl (C=O) groups is 3. The third kappa shape index (κ3) is 6.62. The van der Waals surface area contributed by atoms with Crippen LogP contribution in [0.1, 0.15) is 24.8 Å². The summed E-state index contributed by atoms with van der Waals surface area (Å²) >= 11 is 0. The zero-order chi connectivity index (χ0) is 19.5. The van der Waals surface area contributed by atoms with Crippen molar-refractivity contribution in [3.63, 3.8) is 0 Å². The van der Waals surface area contributed by atoms with Gasteiger partial charge in [0, 0.05) is 6.42 Å². The highest BCUT2D eigenvalue weighted by Crippen LogP contribution is 2.28. The van der Waals surface area contributed by atoms with Crippen molar-refractivity contribution in [1.82, 2.24) is 0 Å². The molecule has 1 rings (SSSR count). The van der Waals surface area contributed by atoms with Crippen LogP contribution in [0, 0.1) is 0 Å². The molecule has 0 saturated carbocycles. The molecule has 8 nitrogen and oxygen atoms in total. The summed E-state index contributed by atoms with van der Waals surface area (Å²) in [4.78, 5) is 34.8. The van der Waals surface area contributed by atoms with E-state index in [1.165, 1.54) is 7.11 Å². The van der Waals surface area contributed by atoms with Gasteiger partial charge in [0.2, 0.25) is 6.10 Å². The number of aryl methyl sites for hydroxylation is 1. The Kier molecular flexibility index (Phi) is 8.97. The average molecular weight is 368 g/mol. The number of esters is 3. The van der Waals surface area contributed by atoms with Crippen molar-refractivity contribution in [1.29, 1.82) is 0 Å². The molecular weight excluding hydrogens is 344 g/mol. The molecule has 0 aliphatic carbocycles. The maximum atomic E-state index is 11.9. The Morgan fingerprint density at radius 1 is 0.923 bits per heavy atom. The summed E-state index contributed by atoms with van der Waals surface area (Å²) in [6.07, 6.45) is -0.496. The maximum Gasteiger partial charge on any atom is 0.347 e. The van der Waals surface area contributed by atoms with Gasteiger partial charge in [-0.05, 0) is 30.5 Å². The van der Waals surface area contributed by atoms with Crippen molar-refractivity contribution < 1.29 is 38.1 Å². The molecule has 0 bridgehead atoms. The Hall–Kier alpha value is -2.77. The van der Waals surface area contributed by atoms with Crippen molar-refractivity contribution in [2.24, 2.45) is 0 Å². The van der Waals surface area contributed by atoms with Crippen LogP contribution in [0.25, 0.3) is 0 Å². The molecule has 1 aromatic rings. The van der Waals surface area contributed by atoms with Crippen molar-refractivity contribution in [3.05, 3.63) is 23.8 Å². The van der Waals surface area contributed by atoms with Crippen LogP contribution in [0.5, 0.6) is 11.5 Å². The van der Waals surface area contributed by atoms with Gasteiger partial charge in [-0.2, -0.15) is 0 Å². The molecule has 0 spiro atoms. The second-order valence-electron chi connectivity index (χ2n) is 5.32. The maximum absolute atomic E-state index is 11.9. The summed E-state index contributed by atoms with van der Waals surface area (Å²) in [5, 5.41) is 0. The number of ether oxygens (including phenoxy) is 5. The van der Waals surface area contributed by atoms with Crippen molar-refractivity contribution in [2.75, 3.05) is 28.4 Å². The molecule has 26 heavy (non-hydrogen) atoms. The van der Waals surface area contributed by atoms with E-state index >= 15 is 0 Å². The summed E-state index contributed by atoms with van der Waals surface area (Å²) in [5.41, 5.74) is 0.967. The van der Waals surface area contributed by atoms with Gasteiger partial charge in [-0.1, -0.05) is 6.07 Å². The number of hydrogen-bond donors (Lipinski definition) is 0. The molecule has 0 aromatic heterocycles. The Labute approximate surface area is 152 Å². The van der Waals surface area contributed by atoms with Crippen LogP contribution in [0.3, 0.4) is 0 Å². The molecule has 8 heteroatoms. The number of hydrogen-bond acceptors (Lipinski definition) is 8. The molecule has 0 radical (unpaired) electrons. The fourth-order valence-corrected chi connectivity index (χ4v) is 2.23. The Morgan fingerprint density at radius 2 is 1.62 bits per heavy atom. The summed E-state index contributed by atoms with van der Waals surface area (Å²) < 4.78 is 24.4. The van der Waals surface area contributed by atoms with Gasteiger partial charge in [0.1, 0.15) is 0 Å². The van der Waals surface area contributed by atoms with Crippen LogP contribution in [-0.2, 0) is 35.0 Å². The molecule has 0 saturated heterocycles. The Bertz CT molecular complexity index is 626. The Morgan fingerprint density at radius 3 is 2.19 bits per heavy atom. The highest BCUT2D eigenvalue weighted by Gasteiger charge is 2.27. The van der Waals surface area contributed by atoms with E-state index in [2.05, 4.69) is 9.47 Å². The van der Waals surface area contributed by atoms with Crippen LogP contribution in [0.2, 0.25) is 0 Å². The van der Waals surface area contributed by atoms with E-state index in [-0.39, 0.29) is 12.8 Å². The first-order valence-corrected chi connectivity index (χ1v) is 8.00.